The maximum atomic E-state index is 14.1. The summed E-state index contributed by atoms with van der Waals surface area (Å²) in [5, 5.41) is 10.8. The second kappa shape index (κ2) is 16.0. The number of sulfonamides is 1. The highest BCUT2D eigenvalue weighted by atomic mass is 32.2. The number of benzene rings is 2. The molecule has 6 rings (SSSR count). The molecule has 1 aromatic heterocycles. The summed E-state index contributed by atoms with van der Waals surface area (Å²) in [6.07, 6.45) is 0.713. The van der Waals surface area contributed by atoms with Crippen LogP contribution in [0.3, 0.4) is 0 Å². The summed E-state index contributed by atoms with van der Waals surface area (Å²) in [6, 6.07) is 7.76. The Balaban J connectivity index is 1.31. The molecule has 51 heavy (non-hydrogen) atoms. The van der Waals surface area contributed by atoms with Gasteiger partial charge in [0.1, 0.15) is 18.2 Å². The molecule has 0 spiro atoms. The second-order valence-corrected chi connectivity index (χ2v) is 14.6. The molecule has 3 aliphatic heterocycles. The molecule has 0 aliphatic carbocycles. The minimum Gasteiger partial charge on any atom is -0.445 e. The molecule has 0 saturated carbocycles. The number of carbonyl (C=O) groups is 2. The molecule has 14 nitrogen and oxygen atoms in total. The van der Waals surface area contributed by atoms with Crippen molar-refractivity contribution in [2.24, 2.45) is 0 Å². The smallest absolute Gasteiger partial charge is 0.435 e. The molecule has 2 fully saturated rings. The number of fused-ring (bicyclic) bond motifs is 1. The summed E-state index contributed by atoms with van der Waals surface area (Å²) in [6.45, 7) is 6.62. The Hall–Kier alpha value is -4.16. The van der Waals surface area contributed by atoms with Gasteiger partial charge in [-0.1, -0.05) is 0 Å². The van der Waals surface area contributed by atoms with Gasteiger partial charge in [-0.05, 0) is 57.1 Å². The number of hydrogen-bond acceptors (Lipinski definition) is 11. The highest BCUT2D eigenvalue weighted by molar-refractivity contribution is 7.89. The van der Waals surface area contributed by atoms with Crippen molar-refractivity contribution in [1.29, 1.82) is 0 Å². The summed E-state index contributed by atoms with van der Waals surface area (Å²) < 4.78 is 73.4. The number of halogens is 2. The quantitative estimate of drug-likeness (QED) is 0.279. The Morgan fingerprint density at radius 1 is 1.00 bits per heavy atom. The molecule has 2 saturated heterocycles. The van der Waals surface area contributed by atoms with Gasteiger partial charge < -0.3 is 34.6 Å². The van der Waals surface area contributed by atoms with Gasteiger partial charge in [0.15, 0.2) is 5.82 Å². The largest absolute Gasteiger partial charge is 0.445 e. The Morgan fingerprint density at radius 3 is 2.43 bits per heavy atom. The molecule has 0 unspecified atom stereocenters. The number of ether oxygens (including phenoxy) is 3. The van der Waals surface area contributed by atoms with E-state index in [0.717, 1.165) is 65.8 Å². The van der Waals surface area contributed by atoms with E-state index in [0.29, 0.717) is 42.8 Å². The van der Waals surface area contributed by atoms with Crippen molar-refractivity contribution >= 4 is 39.2 Å². The van der Waals surface area contributed by atoms with Crippen LogP contribution in [0.4, 0.5) is 30.8 Å². The van der Waals surface area contributed by atoms with Gasteiger partial charge in [0.2, 0.25) is 10.0 Å². The van der Waals surface area contributed by atoms with Crippen LogP contribution in [0.1, 0.15) is 41.4 Å². The van der Waals surface area contributed by atoms with Gasteiger partial charge in [0, 0.05) is 94.6 Å². The van der Waals surface area contributed by atoms with Crippen LogP contribution in [0, 0.1) is 11.6 Å². The molecule has 1 amide bonds. The summed E-state index contributed by atoms with van der Waals surface area (Å²) in [5.74, 6) is -2.64. The predicted molar refractivity (Wildman–Crippen MR) is 185 cm³/mol. The molecular formula is C34H43F2N7O7S. The molecule has 2 N–H and O–H groups in total. The van der Waals surface area contributed by atoms with Crippen molar-refractivity contribution in [3.05, 3.63) is 64.9 Å². The van der Waals surface area contributed by atoms with Gasteiger partial charge in [-0.2, -0.15) is 8.99 Å². The monoisotopic (exact) mass is 731 g/mol. The number of anilines is 3. The van der Waals surface area contributed by atoms with Crippen molar-refractivity contribution in [3.8, 4) is 0 Å². The Morgan fingerprint density at radius 2 is 1.73 bits per heavy atom. The number of likely N-dealkylation sites (N-methyl/N-ethyl adjacent to an activating group) is 1. The first kappa shape index (κ1) is 36.6. The first-order valence-corrected chi connectivity index (χ1v) is 18.5. The zero-order chi connectivity index (χ0) is 36.1. The number of piperazine rings is 1. The fourth-order valence-corrected chi connectivity index (χ4v) is 7.87. The number of hydrogen-bond donors (Lipinski definition) is 2. The van der Waals surface area contributed by atoms with E-state index in [2.05, 4.69) is 32.6 Å². The third-order valence-corrected chi connectivity index (χ3v) is 11.1. The zero-order valence-corrected chi connectivity index (χ0v) is 29.5. The lowest BCUT2D eigenvalue weighted by Crippen LogP contribution is -2.44. The van der Waals surface area contributed by atoms with Crippen LogP contribution in [0.25, 0.3) is 0 Å². The summed E-state index contributed by atoms with van der Waals surface area (Å²) in [7, 11) is -2.29. The lowest BCUT2D eigenvalue weighted by Gasteiger charge is -2.34. The second-order valence-electron chi connectivity index (χ2n) is 12.7. The molecular weight excluding hydrogens is 688 g/mol. The van der Waals surface area contributed by atoms with E-state index in [4.69, 9.17) is 14.2 Å². The van der Waals surface area contributed by atoms with Crippen LogP contribution >= 0.6 is 0 Å². The SMILES string of the molecule is CCOCCOC(=O)n1nc(NC(=O)c2ccc(N3CCN(C)CC3)cc2NC2CCOCC2)c2c1CCN(S(=O)(=O)c1cc(F)cc(F)c1)C2. The topological polar surface area (TPSA) is 148 Å². The molecule has 17 heteroatoms. The van der Waals surface area contributed by atoms with Gasteiger partial charge in [-0.3, -0.25) is 4.79 Å². The lowest BCUT2D eigenvalue weighted by atomic mass is 10.1. The lowest BCUT2D eigenvalue weighted by molar-refractivity contribution is 0.0777. The molecule has 0 atom stereocenters. The molecule has 0 bridgehead atoms. The third kappa shape index (κ3) is 8.49. The van der Waals surface area contributed by atoms with Crippen LogP contribution in [0.2, 0.25) is 0 Å². The Bertz CT molecular complexity index is 1820. The normalized spacial score (nSPS) is 17.6. The van der Waals surface area contributed by atoms with E-state index in [1.807, 2.05) is 19.1 Å². The van der Waals surface area contributed by atoms with Crippen LogP contribution in [0.15, 0.2) is 41.3 Å². The van der Waals surface area contributed by atoms with Gasteiger partial charge in [0.25, 0.3) is 5.91 Å². The average molecular weight is 732 g/mol. The number of nitrogens with one attached hydrogen (secondary N) is 2. The summed E-state index contributed by atoms with van der Waals surface area (Å²) in [4.78, 5) is 31.2. The van der Waals surface area contributed by atoms with Crippen LogP contribution in [-0.2, 0) is 37.2 Å². The van der Waals surface area contributed by atoms with Gasteiger partial charge in [0.05, 0.1) is 22.8 Å². The molecule has 3 aliphatic rings. The first-order valence-electron chi connectivity index (χ1n) is 17.1. The number of nitrogens with zero attached hydrogens (tertiary/aromatic N) is 5. The molecule has 4 heterocycles. The number of aromatic nitrogens is 2. The van der Waals surface area contributed by atoms with Gasteiger partial charge >= 0.3 is 6.09 Å². The minimum atomic E-state index is -4.38. The summed E-state index contributed by atoms with van der Waals surface area (Å²) >= 11 is 0. The van der Waals surface area contributed by atoms with Crippen LogP contribution in [0.5, 0.6) is 0 Å². The van der Waals surface area contributed by atoms with Crippen molar-refractivity contribution in [3.63, 3.8) is 0 Å². The van der Waals surface area contributed by atoms with E-state index < -0.39 is 38.6 Å². The van der Waals surface area contributed by atoms with Gasteiger partial charge in [-0.25, -0.2) is 22.0 Å². The van der Waals surface area contributed by atoms with Crippen molar-refractivity contribution in [2.45, 2.75) is 43.7 Å². The van der Waals surface area contributed by atoms with Crippen LogP contribution in [-0.4, -0.2) is 118 Å². The van der Waals surface area contributed by atoms with E-state index in [1.165, 1.54) is 0 Å². The number of carbonyl (C=O) groups excluding carboxylic acids is 2. The maximum Gasteiger partial charge on any atom is 0.435 e. The number of amides is 1. The summed E-state index contributed by atoms with van der Waals surface area (Å²) in [5.41, 5.74) is 2.52. The standard InChI is InChI=1S/C34H43F2N7O7S/c1-3-48-16-17-50-34(45)43-31-6-9-42(51(46,47)27-19-23(35)18-24(36)20-27)22-29(31)32(39-43)38-33(44)28-5-4-26(41-12-10-40(2)11-13-41)21-30(28)37-25-7-14-49-15-8-25/h4-5,18-21,25,37H,3,6-17,22H2,1-2H3,(H,38,39,44). The minimum absolute atomic E-state index is 0.00602. The molecule has 2 aromatic carbocycles. The Labute approximate surface area is 295 Å². The van der Waals surface area contributed by atoms with Crippen molar-refractivity contribution in [1.82, 2.24) is 19.0 Å². The highest BCUT2D eigenvalue weighted by Crippen LogP contribution is 2.32. The predicted octanol–water partition coefficient (Wildman–Crippen LogP) is 3.52. The first-order chi connectivity index (χ1) is 24.5. The fourth-order valence-electron chi connectivity index (χ4n) is 6.42. The number of rotatable bonds is 11. The van der Waals surface area contributed by atoms with E-state index in [9.17, 15) is 26.8 Å². The average Bonchev–Trinajstić information content (AvgIpc) is 3.48. The zero-order valence-electron chi connectivity index (χ0n) is 28.7. The van der Waals surface area contributed by atoms with E-state index in [-0.39, 0.29) is 50.1 Å². The maximum absolute atomic E-state index is 14.1. The van der Waals surface area contributed by atoms with Crippen molar-refractivity contribution < 1.29 is 41.0 Å². The fraction of sp³-hybridized carbons (Fsp3) is 0.500. The molecule has 276 valence electrons. The Kier molecular flexibility index (Phi) is 11.5. The van der Waals surface area contributed by atoms with E-state index in [1.54, 1.807) is 6.07 Å². The highest BCUT2D eigenvalue weighted by Gasteiger charge is 2.35. The molecule has 0 radical (unpaired) electrons. The third-order valence-electron chi connectivity index (χ3n) is 9.26. The van der Waals surface area contributed by atoms with Gasteiger partial charge in [-0.15, -0.1) is 5.10 Å². The van der Waals surface area contributed by atoms with E-state index >= 15 is 0 Å². The van der Waals surface area contributed by atoms with Crippen LogP contribution < -0.4 is 15.5 Å². The molecule has 3 aromatic rings. The van der Waals surface area contributed by atoms with Crippen molar-refractivity contribution in [2.75, 3.05) is 88.3 Å².